The molecule has 3 heterocycles. The zero-order valence-corrected chi connectivity index (χ0v) is 10.6. The maximum absolute atomic E-state index is 4.40. The highest BCUT2D eigenvalue weighted by Crippen LogP contribution is 2.25. The molecule has 0 spiro atoms. The van der Waals surface area contributed by atoms with E-state index in [1.54, 1.807) is 6.33 Å². The van der Waals surface area contributed by atoms with E-state index < -0.39 is 0 Å². The molecule has 0 aromatic carbocycles. The summed E-state index contributed by atoms with van der Waals surface area (Å²) < 4.78 is 0. The first-order chi connectivity index (χ1) is 8.33. The Bertz CT molecular complexity index is 373. The molecule has 0 aliphatic carbocycles. The van der Waals surface area contributed by atoms with Gasteiger partial charge in [-0.15, -0.1) is 0 Å². The molecule has 0 amide bonds. The van der Waals surface area contributed by atoms with E-state index in [0.717, 1.165) is 18.5 Å². The van der Waals surface area contributed by atoms with Gasteiger partial charge >= 0.3 is 0 Å². The zero-order valence-electron chi connectivity index (χ0n) is 10.6. The molecule has 94 valence electrons. The van der Waals surface area contributed by atoms with Gasteiger partial charge < -0.3 is 10.3 Å². The third-order valence-corrected chi connectivity index (χ3v) is 4.28. The molecule has 0 bridgehead atoms. The average molecular weight is 234 g/mol. The smallest absolute Gasteiger partial charge is 0.0925 e. The topological polar surface area (TPSA) is 44.0 Å². The summed E-state index contributed by atoms with van der Waals surface area (Å²) in [6.45, 7) is 6.79. The molecule has 1 aromatic rings. The fourth-order valence-electron chi connectivity index (χ4n) is 3.22. The standard InChI is InChI=1S/C13H22N4/c1-10-13(16-9-15-10)8-17-6-4-12-11(7-17)3-2-5-14-12/h9,11-12,14H,2-8H2,1H3,(H,15,16)/t11-,12+/m0/s1. The van der Waals surface area contributed by atoms with Gasteiger partial charge in [0.15, 0.2) is 0 Å². The normalized spacial score (nSPS) is 30.2. The number of likely N-dealkylation sites (tertiary alicyclic amines) is 1. The van der Waals surface area contributed by atoms with Crippen LogP contribution in [0.3, 0.4) is 0 Å². The van der Waals surface area contributed by atoms with Crippen LogP contribution in [0.5, 0.6) is 0 Å². The number of aromatic nitrogens is 2. The van der Waals surface area contributed by atoms with Gasteiger partial charge in [-0.3, -0.25) is 4.90 Å². The van der Waals surface area contributed by atoms with Crippen molar-refractivity contribution in [2.24, 2.45) is 5.92 Å². The highest BCUT2D eigenvalue weighted by atomic mass is 15.2. The van der Waals surface area contributed by atoms with Crippen molar-refractivity contribution in [1.82, 2.24) is 20.2 Å². The lowest BCUT2D eigenvalue weighted by molar-refractivity contribution is 0.108. The first-order valence-electron chi connectivity index (χ1n) is 6.77. The van der Waals surface area contributed by atoms with Crippen molar-refractivity contribution in [3.05, 3.63) is 17.7 Å². The van der Waals surface area contributed by atoms with Crippen molar-refractivity contribution in [3.63, 3.8) is 0 Å². The van der Waals surface area contributed by atoms with E-state index in [4.69, 9.17) is 0 Å². The van der Waals surface area contributed by atoms with Gasteiger partial charge in [0, 0.05) is 31.4 Å². The van der Waals surface area contributed by atoms with Gasteiger partial charge in [0.2, 0.25) is 0 Å². The lowest BCUT2D eigenvalue weighted by Crippen LogP contribution is -2.51. The van der Waals surface area contributed by atoms with Gasteiger partial charge in [-0.05, 0) is 38.6 Å². The Labute approximate surface area is 103 Å². The second-order valence-electron chi connectivity index (χ2n) is 5.46. The molecule has 2 aliphatic heterocycles. The molecule has 2 fully saturated rings. The summed E-state index contributed by atoms with van der Waals surface area (Å²) in [5.74, 6) is 0.858. The number of hydrogen-bond acceptors (Lipinski definition) is 3. The molecule has 2 saturated heterocycles. The van der Waals surface area contributed by atoms with Crippen LogP contribution in [0.2, 0.25) is 0 Å². The van der Waals surface area contributed by atoms with Gasteiger partial charge in [0.1, 0.15) is 0 Å². The largest absolute Gasteiger partial charge is 0.348 e. The number of piperidine rings is 2. The Morgan fingerprint density at radius 2 is 2.41 bits per heavy atom. The van der Waals surface area contributed by atoms with Crippen LogP contribution in [0.15, 0.2) is 6.33 Å². The van der Waals surface area contributed by atoms with Gasteiger partial charge in [-0.25, -0.2) is 4.98 Å². The minimum absolute atomic E-state index is 0.778. The molecule has 1 aromatic heterocycles. The van der Waals surface area contributed by atoms with E-state index in [0.29, 0.717) is 0 Å². The third-order valence-electron chi connectivity index (χ3n) is 4.28. The van der Waals surface area contributed by atoms with Gasteiger partial charge in [-0.1, -0.05) is 0 Å². The average Bonchev–Trinajstić information content (AvgIpc) is 2.75. The molecule has 17 heavy (non-hydrogen) atoms. The second-order valence-corrected chi connectivity index (χ2v) is 5.46. The number of aromatic amines is 1. The first kappa shape index (κ1) is 11.2. The zero-order chi connectivity index (χ0) is 11.7. The van der Waals surface area contributed by atoms with E-state index in [1.165, 1.54) is 50.3 Å². The summed E-state index contributed by atoms with van der Waals surface area (Å²) in [7, 11) is 0. The summed E-state index contributed by atoms with van der Waals surface area (Å²) >= 11 is 0. The fraction of sp³-hybridized carbons (Fsp3) is 0.769. The Balaban J connectivity index is 1.60. The van der Waals surface area contributed by atoms with Crippen LogP contribution in [0.1, 0.15) is 30.7 Å². The van der Waals surface area contributed by atoms with E-state index in [2.05, 4.69) is 27.1 Å². The number of H-pyrrole nitrogens is 1. The van der Waals surface area contributed by atoms with Crippen LogP contribution in [0.4, 0.5) is 0 Å². The summed E-state index contributed by atoms with van der Waals surface area (Å²) in [4.78, 5) is 10.1. The van der Waals surface area contributed by atoms with E-state index in [-0.39, 0.29) is 0 Å². The van der Waals surface area contributed by atoms with Crippen molar-refractivity contribution in [2.75, 3.05) is 19.6 Å². The number of imidazole rings is 1. The van der Waals surface area contributed by atoms with Crippen molar-refractivity contribution in [1.29, 1.82) is 0 Å². The van der Waals surface area contributed by atoms with Crippen molar-refractivity contribution >= 4 is 0 Å². The third kappa shape index (κ3) is 2.38. The van der Waals surface area contributed by atoms with Crippen molar-refractivity contribution in [3.8, 4) is 0 Å². The Kier molecular flexibility index (Phi) is 3.16. The van der Waals surface area contributed by atoms with Gasteiger partial charge in [-0.2, -0.15) is 0 Å². The maximum Gasteiger partial charge on any atom is 0.0925 e. The van der Waals surface area contributed by atoms with Crippen molar-refractivity contribution < 1.29 is 0 Å². The molecule has 4 nitrogen and oxygen atoms in total. The Hall–Kier alpha value is -0.870. The van der Waals surface area contributed by atoms with Crippen LogP contribution >= 0.6 is 0 Å². The molecule has 0 saturated carbocycles. The number of nitrogens with zero attached hydrogens (tertiary/aromatic N) is 2. The van der Waals surface area contributed by atoms with Crippen LogP contribution in [-0.2, 0) is 6.54 Å². The van der Waals surface area contributed by atoms with E-state index in [1.807, 2.05) is 0 Å². The number of fused-ring (bicyclic) bond motifs is 1. The first-order valence-corrected chi connectivity index (χ1v) is 6.77. The summed E-state index contributed by atoms with van der Waals surface area (Å²) in [5, 5.41) is 3.66. The molecule has 4 heteroatoms. The predicted molar refractivity (Wildman–Crippen MR) is 67.7 cm³/mol. The second kappa shape index (κ2) is 4.78. The number of hydrogen-bond donors (Lipinski definition) is 2. The monoisotopic (exact) mass is 234 g/mol. The molecule has 3 rings (SSSR count). The van der Waals surface area contributed by atoms with E-state index in [9.17, 15) is 0 Å². The SMILES string of the molecule is Cc1[nH]cnc1CN1CC[C@H]2NCCC[C@H]2C1. The lowest BCUT2D eigenvalue weighted by Gasteiger charge is -2.41. The van der Waals surface area contributed by atoms with Gasteiger partial charge in [0.05, 0.1) is 12.0 Å². The Morgan fingerprint density at radius 1 is 1.47 bits per heavy atom. The number of rotatable bonds is 2. The summed E-state index contributed by atoms with van der Waals surface area (Å²) in [5.41, 5.74) is 2.43. The molecule has 2 atom stereocenters. The quantitative estimate of drug-likeness (QED) is 0.810. The van der Waals surface area contributed by atoms with E-state index >= 15 is 0 Å². The number of nitrogens with one attached hydrogen (secondary N) is 2. The predicted octanol–water partition coefficient (Wildman–Crippen LogP) is 1.29. The van der Waals surface area contributed by atoms with Crippen LogP contribution in [0, 0.1) is 12.8 Å². The molecule has 2 aliphatic rings. The Morgan fingerprint density at radius 3 is 3.24 bits per heavy atom. The minimum Gasteiger partial charge on any atom is -0.348 e. The fourth-order valence-corrected chi connectivity index (χ4v) is 3.22. The highest BCUT2D eigenvalue weighted by molar-refractivity contribution is 5.08. The van der Waals surface area contributed by atoms with Crippen LogP contribution in [-0.4, -0.2) is 40.5 Å². The van der Waals surface area contributed by atoms with Gasteiger partial charge in [0.25, 0.3) is 0 Å². The van der Waals surface area contributed by atoms with Crippen LogP contribution in [0.25, 0.3) is 0 Å². The van der Waals surface area contributed by atoms with Crippen LogP contribution < -0.4 is 5.32 Å². The summed E-state index contributed by atoms with van der Waals surface area (Å²) in [6.07, 6.45) is 5.85. The molecule has 0 unspecified atom stereocenters. The highest BCUT2D eigenvalue weighted by Gasteiger charge is 2.30. The van der Waals surface area contributed by atoms with Crippen molar-refractivity contribution in [2.45, 2.75) is 38.8 Å². The lowest BCUT2D eigenvalue weighted by atomic mass is 9.85. The molecule has 0 radical (unpaired) electrons. The molecular weight excluding hydrogens is 212 g/mol. The minimum atomic E-state index is 0.778. The number of aryl methyl sites for hydroxylation is 1. The summed E-state index contributed by atoms with van der Waals surface area (Å²) in [6, 6.07) is 0.778. The molecule has 2 N–H and O–H groups in total. The maximum atomic E-state index is 4.40. The molecular formula is C13H22N4.